The second-order valence-corrected chi connectivity index (χ2v) is 5.15. The van der Waals surface area contributed by atoms with Crippen LogP contribution in [-0.2, 0) is 4.79 Å². The summed E-state index contributed by atoms with van der Waals surface area (Å²) in [5.74, 6) is 0.647. The van der Waals surface area contributed by atoms with Gasteiger partial charge in [0, 0.05) is 26.6 Å². The summed E-state index contributed by atoms with van der Waals surface area (Å²) in [6, 6.07) is 5.18. The summed E-state index contributed by atoms with van der Waals surface area (Å²) in [7, 11) is 3.02. The first-order valence-electron chi connectivity index (χ1n) is 7.79. The number of rotatable bonds is 9. The molecule has 0 aliphatic rings. The van der Waals surface area contributed by atoms with Crippen molar-refractivity contribution in [3.8, 4) is 11.5 Å². The van der Waals surface area contributed by atoms with Crippen LogP contribution in [-0.4, -0.2) is 50.6 Å². The molecule has 1 aromatic rings. The SMILES string of the molecule is CCCCN(CCNC(=O)c1c(OC)cccc1OC)C(C)=O. The second-order valence-electron chi connectivity index (χ2n) is 5.15. The number of carbonyl (C=O) groups excluding carboxylic acids is 2. The Hall–Kier alpha value is -2.24. The van der Waals surface area contributed by atoms with E-state index in [9.17, 15) is 9.59 Å². The first-order valence-corrected chi connectivity index (χ1v) is 7.79. The molecule has 0 aromatic heterocycles. The highest BCUT2D eigenvalue weighted by molar-refractivity contribution is 5.99. The van der Waals surface area contributed by atoms with Gasteiger partial charge in [0.25, 0.3) is 5.91 Å². The van der Waals surface area contributed by atoms with Crippen LogP contribution in [0.25, 0.3) is 0 Å². The average molecular weight is 322 g/mol. The first-order chi connectivity index (χ1) is 11.0. The van der Waals surface area contributed by atoms with Crippen molar-refractivity contribution in [3.63, 3.8) is 0 Å². The standard InChI is InChI=1S/C17H26N2O4/c1-5-6-11-19(13(2)20)12-10-18-17(21)16-14(22-3)8-7-9-15(16)23-4/h7-9H,5-6,10-12H2,1-4H3,(H,18,21). The molecule has 0 aliphatic carbocycles. The Morgan fingerprint density at radius 1 is 1.13 bits per heavy atom. The molecular formula is C17H26N2O4. The number of nitrogens with one attached hydrogen (secondary N) is 1. The van der Waals surface area contributed by atoms with Crippen molar-refractivity contribution in [1.82, 2.24) is 10.2 Å². The van der Waals surface area contributed by atoms with Gasteiger partial charge in [0.2, 0.25) is 5.91 Å². The van der Waals surface area contributed by atoms with Crippen LogP contribution in [0.4, 0.5) is 0 Å². The number of carbonyl (C=O) groups is 2. The van der Waals surface area contributed by atoms with Gasteiger partial charge in [0.05, 0.1) is 14.2 Å². The molecule has 0 fully saturated rings. The Kier molecular flexibility index (Phi) is 7.94. The van der Waals surface area contributed by atoms with Crippen molar-refractivity contribution in [2.24, 2.45) is 0 Å². The van der Waals surface area contributed by atoms with Gasteiger partial charge in [-0.2, -0.15) is 0 Å². The number of hydrogen-bond acceptors (Lipinski definition) is 4. The Bertz CT molecular complexity index is 509. The smallest absolute Gasteiger partial charge is 0.258 e. The molecule has 1 rings (SSSR count). The summed E-state index contributed by atoms with van der Waals surface area (Å²) in [4.78, 5) is 25.7. The van der Waals surface area contributed by atoms with Crippen molar-refractivity contribution in [2.75, 3.05) is 33.9 Å². The van der Waals surface area contributed by atoms with Gasteiger partial charge in [-0.05, 0) is 18.6 Å². The quantitative estimate of drug-likeness (QED) is 0.756. The van der Waals surface area contributed by atoms with Crippen LogP contribution >= 0.6 is 0 Å². The van der Waals surface area contributed by atoms with Gasteiger partial charge in [-0.1, -0.05) is 19.4 Å². The zero-order valence-electron chi connectivity index (χ0n) is 14.3. The maximum Gasteiger partial charge on any atom is 0.258 e. The summed E-state index contributed by atoms with van der Waals surface area (Å²) in [5, 5.41) is 2.82. The van der Waals surface area contributed by atoms with Gasteiger partial charge in [-0.15, -0.1) is 0 Å². The maximum atomic E-state index is 12.4. The predicted molar refractivity (Wildman–Crippen MR) is 89.0 cm³/mol. The van der Waals surface area contributed by atoms with Crippen molar-refractivity contribution in [2.45, 2.75) is 26.7 Å². The summed E-state index contributed by atoms with van der Waals surface area (Å²) in [6.07, 6.45) is 1.97. The van der Waals surface area contributed by atoms with Gasteiger partial charge in [-0.25, -0.2) is 0 Å². The lowest BCUT2D eigenvalue weighted by molar-refractivity contribution is -0.128. The fraction of sp³-hybridized carbons (Fsp3) is 0.529. The minimum absolute atomic E-state index is 0.0163. The highest BCUT2D eigenvalue weighted by Crippen LogP contribution is 2.27. The number of nitrogens with zero attached hydrogens (tertiary/aromatic N) is 1. The van der Waals surface area contributed by atoms with E-state index in [1.165, 1.54) is 14.2 Å². The van der Waals surface area contributed by atoms with Crippen LogP contribution in [0.1, 0.15) is 37.0 Å². The average Bonchev–Trinajstić information content (AvgIpc) is 2.56. The molecule has 0 aliphatic heterocycles. The van der Waals surface area contributed by atoms with Crippen LogP contribution < -0.4 is 14.8 Å². The number of unbranched alkanes of at least 4 members (excludes halogenated alkanes) is 1. The number of hydrogen-bond donors (Lipinski definition) is 1. The van der Waals surface area contributed by atoms with Gasteiger partial charge < -0.3 is 19.7 Å². The highest BCUT2D eigenvalue weighted by Gasteiger charge is 2.18. The van der Waals surface area contributed by atoms with Gasteiger partial charge in [0.1, 0.15) is 17.1 Å². The number of amides is 2. The van der Waals surface area contributed by atoms with Crippen LogP contribution in [0.5, 0.6) is 11.5 Å². The lowest BCUT2D eigenvalue weighted by Crippen LogP contribution is -2.38. The fourth-order valence-corrected chi connectivity index (χ4v) is 2.24. The summed E-state index contributed by atoms with van der Waals surface area (Å²) < 4.78 is 10.4. The van der Waals surface area contributed by atoms with E-state index in [2.05, 4.69) is 12.2 Å². The van der Waals surface area contributed by atoms with E-state index in [4.69, 9.17) is 9.47 Å². The molecule has 0 unspecified atom stereocenters. The molecule has 128 valence electrons. The van der Waals surface area contributed by atoms with E-state index < -0.39 is 0 Å². The molecule has 1 aromatic carbocycles. The molecule has 2 amide bonds. The number of ether oxygens (including phenoxy) is 2. The lowest BCUT2D eigenvalue weighted by atomic mass is 10.1. The molecule has 0 atom stereocenters. The monoisotopic (exact) mass is 322 g/mol. The van der Waals surface area contributed by atoms with E-state index in [-0.39, 0.29) is 11.8 Å². The van der Waals surface area contributed by atoms with Crippen molar-refractivity contribution < 1.29 is 19.1 Å². The van der Waals surface area contributed by atoms with E-state index in [1.807, 2.05) is 0 Å². The molecule has 0 spiro atoms. The molecule has 0 heterocycles. The summed E-state index contributed by atoms with van der Waals surface area (Å²) in [6.45, 7) is 5.19. The zero-order chi connectivity index (χ0) is 17.2. The van der Waals surface area contributed by atoms with Crippen LogP contribution in [0.15, 0.2) is 18.2 Å². The fourth-order valence-electron chi connectivity index (χ4n) is 2.24. The van der Waals surface area contributed by atoms with E-state index in [1.54, 1.807) is 30.0 Å². The van der Waals surface area contributed by atoms with E-state index in [0.717, 1.165) is 12.8 Å². The topological polar surface area (TPSA) is 67.9 Å². The van der Waals surface area contributed by atoms with Gasteiger partial charge >= 0.3 is 0 Å². The molecule has 0 radical (unpaired) electrons. The largest absolute Gasteiger partial charge is 0.496 e. The number of benzene rings is 1. The molecule has 6 nitrogen and oxygen atoms in total. The highest BCUT2D eigenvalue weighted by atomic mass is 16.5. The van der Waals surface area contributed by atoms with Crippen molar-refractivity contribution in [3.05, 3.63) is 23.8 Å². The van der Waals surface area contributed by atoms with Gasteiger partial charge in [-0.3, -0.25) is 9.59 Å². The third-order valence-corrected chi connectivity index (χ3v) is 3.55. The van der Waals surface area contributed by atoms with E-state index >= 15 is 0 Å². The molecule has 23 heavy (non-hydrogen) atoms. The predicted octanol–water partition coefficient (Wildman–Crippen LogP) is 2.08. The third kappa shape index (κ3) is 5.47. The summed E-state index contributed by atoms with van der Waals surface area (Å²) in [5.41, 5.74) is 0.362. The Morgan fingerprint density at radius 2 is 1.74 bits per heavy atom. The van der Waals surface area contributed by atoms with Crippen molar-refractivity contribution in [1.29, 1.82) is 0 Å². The minimum Gasteiger partial charge on any atom is -0.496 e. The molecule has 0 bridgehead atoms. The normalized spacial score (nSPS) is 10.1. The van der Waals surface area contributed by atoms with Gasteiger partial charge in [0.15, 0.2) is 0 Å². The minimum atomic E-state index is -0.279. The molecule has 1 N–H and O–H groups in total. The number of methoxy groups -OCH3 is 2. The lowest BCUT2D eigenvalue weighted by Gasteiger charge is -2.21. The second kappa shape index (κ2) is 9.71. The Labute approximate surface area is 137 Å². The maximum absolute atomic E-state index is 12.4. The van der Waals surface area contributed by atoms with Crippen LogP contribution in [0.3, 0.4) is 0 Å². The third-order valence-electron chi connectivity index (χ3n) is 3.55. The zero-order valence-corrected chi connectivity index (χ0v) is 14.3. The Morgan fingerprint density at radius 3 is 2.22 bits per heavy atom. The van der Waals surface area contributed by atoms with Crippen LogP contribution in [0.2, 0.25) is 0 Å². The van der Waals surface area contributed by atoms with Crippen LogP contribution in [0, 0.1) is 0 Å². The Balaban J connectivity index is 2.68. The molecular weight excluding hydrogens is 296 g/mol. The molecule has 0 saturated carbocycles. The first kappa shape index (κ1) is 18.8. The summed E-state index contributed by atoms with van der Waals surface area (Å²) >= 11 is 0. The van der Waals surface area contributed by atoms with E-state index in [0.29, 0.717) is 36.7 Å². The van der Waals surface area contributed by atoms with Crippen molar-refractivity contribution >= 4 is 11.8 Å². The molecule has 0 saturated heterocycles. The molecule has 6 heteroatoms.